The fourth-order valence-electron chi connectivity index (χ4n) is 1.92. The number of carbonyl (C=O) groups excluding carboxylic acids is 2. The lowest BCUT2D eigenvalue weighted by Crippen LogP contribution is -2.43. The second-order valence-electron chi connectivity index (χ2n) is 4.18. The van der Waals surface area contributed by atoms with Crippen molar-refractivity contribution in [1.82, 2.24) is 0 Å². The predicted molar refractivity (Wildman–Crippen MR) is 68.4 cm³/mol. The molecule has 0 spiro atoms. The summed E-state index contributed by atoms with van der Waals surface area (Å²) in [6.45, 7) is 5.65. The Labute approximate surface area is 112 Å². The highest BCUT2D eigenvalue weighted by Crippen LogP contribution is 2.31. The van der Waals surface area contributed by atoms with Crippen molar-refractivity contribution in [2.45, 2.75) is 33.6 Å². The van der Waals surface area contributed by atoms with Gasteiger partial charge in [0.15, 0.2) is 5.41 Å². The van der Waals surface area contributed by atoms with Gasteiger partial charge in [-0.1, -0.05) is 6.92 Å². The molecule has 0 saturated heterocycles. The lowest BCUT2D eigenvalue weighted by molar-refractivity contribution is -0.172. The summed E-state index contributed by atoms with van der Waals surface area (Å²) in [4.78, 5) is 24.4. The first kappa shape index (κ1) is 15.3. The third-order valence-corrected chi connectivity index (χ3v) is 3.02. The van der Waals surface area contributed by atoms with E-state index in [4.69, 9.17) is 13.9 Å². The number of carbonyl (C=O) groups is 2. The highest BCUT2D eigenvalue weighted by atomic mass is 16.6. The van der Waals surface area contributed by atoms with E-state index in [0.717, 1.165) is 5.56 Å². The van der Waals surface area contributed by atoms with Crippen molar-refractivity contribution in [3.05, 3.63) is 24.2 Å². The Kier molecular flexibility index (Phi) is 5.60. The van der Waals surface area contributed by atoms with E-state index in [-0.39, 0.29) is 19.6 Å². The van der Waals surface area contributed by atoms with E-state index in [2.05, 4.69) is 0 Å². The van der Waals surface area contributed by atoms with Gasteiger partial charge < -0.3 is 13.9 Å². The molecule has 106 valence electrons. The van der Waals surface area contributed by atoms with Gasteiger partial charge in [-0.15, -0.1) is 0 Å². The maximum absolute atomic E-state index is 12.2. The van der Waals surface area contributed by atoms with Gasteiger partial charge in [0.05, 0.1) is 25.7 Å². The molecular weight excluding hydrogens is 248 g/mol. The van der Waals surface area contributed by atoms with Crippen LogP contribution in [0, 0.1) is 5.41 Å². The van der Waals surface area contributed by atoms with Gasteiger partial charge in [0.1, 0.15) is 0 Å². The standard InChI is InChI=1S/C14H20O5/c1-4-14(12(15)18-5-2,13(16)19-6-3)9-11-7-8-17-10-11/h7-8,10H,4-6,9H2,1-3H3. The van der Waals surface area contributed by atoms with E-state index in [9.17, 15) is 9.59 Å². The Bertz CT molecular complexity index is 389. The van der Waals surface area contributed by atoms with Crippen molar-refractivity contribution in [2.24, 2.45) is 5.41 Å². The normalized spacial score (nSPS) is 11.1. The van der Waals surface area contributed by atoms with Crippen LogP contribution in [0.5, 0.6) is 0 Å². The molecule has 0 saturated carbocycles. The molecule has 0 atom stereocenters. The number of ether oxygens (including phenoxy) is 2. The van der Waals surface area contributed by atoms with Crippen LogP contribution < -0.4 is 0 Å². The van der Waals surface area contributed by atoms with Gasteiger partial charge >= 0.3 is 11.9 Å². The fraction of sp³-hybridized carbons (Fsp3) is 0.571. The SMILES string of the molecule is CCOC(=O)C(CC)(Cc1ccoc1)C(=O)OCC. The predicted octanol–water partition coefficient (Wildman–Crippen LogP) is 2.34. The molecular formula is C14H20O5. The third kappa shape index (κ3) is 3.36. The van der Waals surface area contributed by atoms with Gasteiger partial charge in [0.25, 0.3) is 0 Å². The van der Waals surface area contributed by atoms with Crippen molar-refractivity contribution in [3.8, 4) is 0 Å². The smallest absolute Gasteiger partial charge is 0.323 e. The highest BCUT2D eigenvalue weighted by Gasteiger charge is 2.47. The molecule has 5 heteroatoms. The average Bonchev–Trinajstić information content (AvgIpc) is 2.89. The van der Waals surface area contributed by atoms with E-state index in [0.29, 0.717) is 6.42 Å². The summed E-state index contributed by atoms with van der Waals surface area (Å²) in [7, 11) is 0. The lowest BCUT2D eigenvalue weighted by Gasteiger charge is -2.27. The van der Waals surface area contributed by atoms with Crippen molar-refractivity contribution < 1.29 is 23.5 Å². The van der Waals surface area contributed by atoms with E-state index in [1.807, 2.05) is 0 Å². The summed E-state index contributed by atoms with van der Waals surface area (Å²) in [5.41, 5.74) is -0.529. The minimum Gasteiger partial charge on any atom is -0.472 e. The summed E-state index contributed by atoms with van der Waals surface area (Å²) >= 11 is 0. The molecule has 1 heterocycles. The largest absolute Gasteiger partial charge is 0.472 e. The van der Waals surface area contributed by atoms with E-state index >= 15 is 0 Å². The number of hydrogen-bond donors (Lipinski definition) is 0. The van der Waals surface area contributed by atoms with Gasteiger partial charge in [-0.25, -0.2) is 0 Å². The molecule has 0 aromatic carbocycles. The molecule has 1 aromatic heterocycles. The Hall–Kier alpha value is -1.78. The van der Waals surface area contributed by atoms with Crippen LogP contribution in [-0.2, 0) is 25.5 Å². The molecule has 0 unspecified atom stereocenters. The summed E-state index contributed by atoms with van der Waals surface area (Å²) < 4.78 is 15.1. The molecule has 0 N–H and O–H groups in total. The quantitative estimate of drug-likeness (QED) is 0.561. The lowest BCUT2D eigenvalue weighted by atomic mass is 9.79. The monoisotopic (exact) mass is 268 g/mol. The van der Waals surface area contributed by atoms with Crippen LogP contribution in [0.15, 0.2) is 23.0 Å². The van der Waals surface area contributed by atoms with Crippen molar-refractivity contribution in [1.29, 1.82) is 0 Å². The van der Waals surface area contributed by atoms with E-state index in [1.54, 1.807) is 26.8 Å². The highest BCUT2D eigenvalue weighted by molar-refractivity contribution is 6.00. The number of rotatable bonds is 7. The maximum atomic E-state index is 12.2. The fourth-order valence-corrected chi connectivity index (χ4v) is 1.92. The molecule has 0 radical (unpaired) electrons. The number of furan rings is 1. The maximum Gasteiger partial charge on any atom is 0.323 e. The molecule has 0 amide bonds. The summed E-state index contributed by atoms with van der Waals surface area (Å²) in [5, 5.41) is 0. The molecule has 0 bridgehead atoms. The van der Waals surface area contributed by atoms with Crippen LogP contribution in [-0.4, -0.2) is 25.2 Å². The molecule has 1 rings (SSSR count). The first-order valence-corrected chi connectivity index (χ1v) is 6.46. The van der Waals surface area contributed by atoms with Crippen LogP contribution in [0.25, 0.3) is 0 Å². The Morgan fingerprint density at radius 3 is 2.11 bits per heavy atom. The first-order valence-electron chi connectivity index (χ1n) is 6.46. The second kappa shape index (κ2) is 6.97. The van der Waals surface area contributed by atoms with Crippen molar-refractivity contribution >= 4 is 11.9 Å². The molecule has 1 aromatic rings. The van der Waals surface area contributed by atoms with Crippen LogP contribution in [0.4, 0.5) is 0 Å². The zero-order valence-electron chi connectivity index (χ0n) is 11.6. The van der Waals surface area contributed by atoms with Crippen LogP contribution >= 0.6 is 0 Å². The number of hydrogen-bond acceptors (Lipinski definition) is 5. The van der Waals surface area contributed by atoms with Crippen LogP contribution in [0.1, 0.15) is 32.8 Å². The van der Waals surface area contributed by atoms with Crippen LogP contribution in [0.2, 0.25) is 0 Å². The average molecular weight is 268 g/mol. The summed E-state index contributed by atoms with van der Waals surface area (Å²) in [6.07, 6.45) is 3.56. The summed E-state index contributed by atoms with van der Waals surface area (Å²) in [5.74, 6) is -1.09. The van der Waals surface area contributed by atoms with Gasteiger partial charge in [-0.2, -0.15) is 0 Å². The molecule has 5 nitrogen and oxygen atoms in total. The Morgan fingerprint density at radius 2 is 1.74 bits per heavy atom. The van der Waals surface area contributed by atoms with Crippen LogP contribution in [0.3, 0.4) is 0 Å². The van der Waals surface area contributed by atoms with Crippen molar-refractivity contribution in [3.63, 3.8) is 0 Å². The zero-order chi connectivity index (χ0) is 14.3. The molecule has 19 heavy (non-hydrogen) atoms. The Morgan fingerprint density at radius 1 is 1.16 bits per heavy atom. The van der Waals surface area contributed by atoms with Crippen molar-refractivity contribution in [2.75, 3.05) is 13.2 Å². The topological polar surface area (TPSA) is 65.7 Å². The minimum absolute atomic E-state index is 0.220. The molecule has 0 aliphatic carbocycles. The van der Waals surface area contributed by atoms with Gasteiger partial charge in [-0.3, -0.25) is 9.59 Å². The molecule has 0 aliphatic rings. The number of esters is 2. The van der Waals surface area contributed by atoms with Gasteiger partial charge in [0.2, 0.25) is 0 Å². The van der Waals surface area contributed by atoms with Gasteiger partial charge in [-0.05, 0) is 31.9 Å². The second-order valence-corrected chi connectivity index (χ2v) is 4.18. The molecule has 0 aliphatic heterocycles. The van der Waals surface area contributed by atoms with E-state index < -0.39 is 17.4 Å². The Balaban J connectivity index is 3.05. The van der Waals surface area contributed by atoms with Gasteiger partial charge in [0, 0.05) is 6.42 Å². The zero-order valence-corrected chi connectivity index (χ0v) is 11.6. The molecule has 0 fully saturated rings. The third-order valence-electron chi connectivity index (χ3n) is 3.02. The minimum atomic E-state index is -1.30. The summed E-state index contributed by atoms with van der Waals surface area (Å²) in [6, 6.07) is 1.73. The van der Waals surface area contributed by atoms with E-state index in [1.165, 1.54) is 12.5 Å². The first-order chi connectivity index (χ1) is 9.10.